The first-order valence-electron chi connectivity index (χ1n) is 6.22. The number of hydrogen-bond acceptors (Lipinski definition) is 3. The van der Waals surface area contributed by atoms with Crippen LogP contribution < -0.4 is 4.72 Å². The molecule has 0 radical (unpaired) electrons. The predicted molar refractivity (Wildman–Crippen MR) is 64.9 cm³/mol. The molecule has 2 aliphatic rings. The summed E-state index contributed by atoms with van der Waals surface area (Å²) in [6.07, 6.45) is 6.02. The van der Waals surface area contributed by atoms with E-state index in [4.69, 9.17) is 0 Å². The van der Waals surface area contributed by atoms with Crippen molar-refractivity contribution >= 4 is 15.9 Å². The third-order valence-electron chi connectivity index (χ3n) is 3.57. The van der Waals surface area contributed by atoms with Crippen LogP contribution >= 0.6 is 0 Å². The van der Waals surface area contributed by atoms with E-state index in [0.29, 0.717) is 6.54 Å². The van der Waals surface area contributed by atoms with Crippen molar-refractivity contribution in [2.45, 2.75) is 38.1 Å². The zero-order valence-corrected chi connectivity index (χ0v) is 11.0. The molecule has 1 saturated carbocycles. The summed E-state index contributed by atoms with van der Waals surface area (Å²) in [6.45, 7) is 1.31. The lowest BCUT2D eigenvalue weighted by Gasteiger charge is -2.37. The highest BCUT2D eigenvalue weighted by molar-refractivity contribution is 7.88. The number of amides is 1. The Morgan fingerprint density at radius 3 is 2.47 bits per heavy atom. The fraction of sp³-hybridized carbons (Fsp3) is 0.909. The molecule has 2 fully saturated rings. The monoisotopic (exact) mass is 260 g/mol. The molecule has 17 heavy (non-hydrogen) atoms. The van der Waals surface area contributed by atoms with Crippen molar-refractivity contribution in [2.24, 2.45) is 5.92 Å². The van der Waals surface area contributed by atoms with Crippen molar-refractivity contribution in [3.63, 3.8) is 0 Å². The van der Waals surface area contributed by atoms with Gasteiger partial charge in [0.25, 0.3) is 0 Å². The summed E-state index contributed by atoms with van der Waals surface area (Å²) in [5.41, 5.74) is 0. The number of hydrogen-bond donors (Lipinski definition) is 1. The summed E-state index contributed by atoms with van der Waals surface area (Å²) < 4.78 is 24.9. The smallest absolute Gasteiger partial charge is 0.225 e. The van der Waals surface area contributed by atoms with Gasteiger partial charge in [-0.15, -0.1) is 0 Å². The van der Waals surface area contributed by atoms with Crippen LogP contribution in [0.3, 0.4) is 0 Å². The maximum Gasteiger partial charge on any atom is 0.225 e. The van der Waals surface area contributed by atoms with E-state index in [1.807, 2.05) is 4.90 Å². The summed E-state index contributed by atoms with van der Waals surface area (Å²) in [5.74, 6) is 0.420. The van der Waals surface area contributed by atoms with E-state index < -0.39 is 10.0 Å². The van der Waals surface area contributed by atoms with E-state index in [0.717, 1.165) is 38.6 Å². The molecule has 1 heterocycles. The van der Waals surface area contributed by atoms with Crippen LogP contribution in [-0.2, 0) is 14.8 Å². The highest BCUT2D eigenvalue weighted by atomic mass is 32.2. The minimum Gasteiger partial charge on any atom is -0.341 e. The number of sulfonamides is 1. The molecule has 6 heteroatoms. The Morgan fingerprint density at radius 2 is 1.94 bits per heavy atom. The molecule has 1 aliphatic carbocycles. The molecule has 0 spiro atoms. The van der Waals surface area contributed by atoms with Crippen LogP contribution in [0.15, 0.2) is 0 Å². The van der Waals surface area contributed by atoms with E-state index in [1.165, 1.54) is 6.26 Å². The van der Waals surface area contributed by atoms with Gasteiger partial charge in [-0.1, -0.05) is 6.42 Å². The summed E-state index contributed by atoms with van der Waals surface area (Å²) in [6, 6.07) is -0.109. The number of nitrogens with zero attached hydrogens (tertiary/aromatic N) is 1. The van der Waals surface area contributed by atoms with E-state index in [9.17, 15) is 13.2 Å². The zero-order chi connectivity index (χ0) is 12.5. The molecule has 0 unspecified atom stereocenters. The fourth-order valence-corrected chi connectivity index (χ4v) is 3.29. The van der Waals surface area contributed by atoms with Crippen LogP contribution in [0.1, 0.15) is 32.1 Å². The standard InChI is InChI=1S/C11H20N2O3S/c1-17(15,16)12-10-6-3-7-13(8-10)11(14)9-4-2-5-9/h9-10,12H,2-8H2,1H3/t10-/m1/s1. The lowest BCUT2D eigenvalue weighted by molar-refractivity contribution is -0.139. The molecule has 1 amide bonds. The number of rotatable bonds is 3. The minimum absolute atomic E-state index is 0.109. The molecule has 0 aromatic heterocycles. The SMILES string of the molecule is CS(=O)(=O)N[C@@H]1CCCN(C(=O)C2CCC2)C1. The largest absolute Gasteiger partial charge is 0.341 e. The Labute approximate surface area is 103 Å². The third-order valence-corrected chi connectivity index (χ3v) is 4.33. The Hall–Kier alpha value is -0.620. The van der Waals surface area contributed by atoms with Gasteiger partial charge < -0.3 is 4.90 Å². The van der Waals surface area contributed by atoms with Crippen molar-refractivity contribution in [1.29, 1.82) is 0 Å². The van der Waals surface area contributed by atoms with E-state index >= 15 is 0 Å². The molecular weight excluding hydrogens is 240 g/mol. The lowest BCUT2D eigenvalue weighted by atomic mass is 9.84. The Balaban J connectivity index is 1.90. The van der Waals surface area contributed by atoms with Gasteiger partial charge in [-0.2, -0.15) is 0 Å². The fourth-order valence-electron chi connectivity index (χ4n) is 2.49. The van der Waals surface area contributed by atoms with Crippen LogP contribution in [-0.4, -0.2) is 44.6 Å². The van der Waals surface area contributed by atoms with E-state index in [2.05, 4.69) is 4.72 Å². The molecule has 98 valence electrons. The molecule has 5 nitrogen and oxygen atoms in total. The average molecular weight is 260 g/mol. The highest BCUT2D eigenvalue weighted by Crippen LogP contribution is 2.29. The second-order valence-electron chi connectivity index (χ2n) is 5.14. The number of nitrogens with one attached hydrogen (secondary N) is 1. The highest BCUT2D eigenvalue weighted by Gasteiger charge is 2.32. The molecule has 0 aromatic rings. The second kappa shape index (κ2) is 4.94. The van der Waals surface area contributed by atoms with Gasteiger partial charge in [-0.3, -0.25) is 4.79 Å². The lowest BCUT2D eigenvalue weighted by Crippen LogP contribution is -2.51. The van der Waals surface area contributed by atoms with Crippen LogP contribution in [0.4, 0.5) is 0 Å². The van der Waals surface area contributed by atoms with Crippen LogP contribution in [0.2, 0.25) is 0 Å². The molecule has 2 rings (SSSR count). The van der Waals surface area contributed by atoms with Gasteiger partial charge in [0.05, 0.1) is 6.26 Å². The Morgan fingerprint density at radius 1 is 1.24 bits per heavy atom. The summed E-state index contributed by atoms with van der Waals surface area (Å²) in [5, 5.41) is 0. The van der Waals surface area contributed by atoms with Crippen LogP contribution in [0.5, 0.6) is 0 Å². The predicted octanol–water partition coefficient (Wildman–Crippen LogP) is 0.327. The van der Waals surface area contributed by atoms with E-state index in [-0.39, 0.29) is 17.9 Å². The third kappa shape index (κ3) is 3.42. The molecule has 0 bridgehead atoms. The van der Waals surface area contributed by atoms with Gasteiger partial charge in [0.1, 0.15) is 0 Å². The topological polar surface area (TPSA) is 66.5 Å². The first kappa shape index (κ1) is 12.8. The van der Waals surface area contributed by atoms with Crippen molar-refractivity contribution in [3.8, 4) is 0 Å². The van der Waals surface area contributed by atoms with Gasteiger partial charge in [-0.25, -0.2) is 13.1 Å². The van der Waals surface area contributed by atoms with Crippen molar-refractivity contribution in [1.82, 2.24) is 9.62 Å². The average Bonchev–Trinajstić information content (AvgIpc) is 2.12. The van der Waals surface area contributed by atoms with E-state index in [1.54, 1.807) is 0 Å². The first-order chi connectivity index (χ1) is 7.96. The number of piperidine rings is 1. The number of carbonyl (C=O) groups excluding carboxylic acids is 1. The number of likely N-dealkylation sites (tertiary alicyclic amines) is 1. The van der Waals surface area contributed by atoms with Gasteiger partial charge in [-0.05, 0) is 25.7 Å². The van der Waals surface area contributed by atoms with Crippen LogP contribution in [0, 0.1) is 5.92 Å². The maximum absolute atomic E-state index is 12.0. The second-order valence-corrected chi connectivity index (χ2v) is 6.92. The molecular formula is C11H20N2O3S. The molecule has 0 aromatic carbocycles. The van der Waals surface area contributed by atoms with Crippen molar-refractivity contribution in [3.05, 3.63) is 0 Å². The molecule has 1 aliphatic heterocycles. The maximum atomic E-state index is 12.0. The van der Waals surface area contributed by atoms with Gasteiger partial charge in [0.15, 0.2) is 0 Å². The summed E-state index contributed by atoms with van der Waals surface area (Å²) in [4.78, 5) is 13.9. The Bertz CT molecular complexity index is 390. The van der Waals surface area contributed by atoms with Gasteiger partial charge >= 0.3 is 0 Å². The van der Waals surface area contributed by atoms with Crippen molar-refractivity contribution in [2.75, 3.05) is 19.3 Å². The van der Waals surface area contributed by atoms with Gasteiger partial charge in [0.2, 0.25) is 15.9 Å². The molecule has 1 atom stereocenters. The first-order valence-corrected chi connectivity index (χ1v) is 8.11. The number of carbonyl (C=O) groups is 1. The van der Waals surface area contributed by atoms with Crippen LogP contribution in [0.25, 0.3) is 0 Å². The molecule has 1 saturated heterocycles. The normalized spacial score (nSPS) is 26.6. The summed E-state index contributed by atoms with van der Waals surface area (Å²) in [7, 11) is -3.17. The minimum atomic E-state index is -3.17. The Kier molecular flexibility index (Phi) is 3.73. The quantitative estimate of drug-likeness (QED) is 0.795. The zero-order valence-electron chi connectivity index (χ0n) is 10.2. The van der Waals surface area contributed by atoms with Gasteiger partial charge in [0, 0.05) is 25.0 Å². The summed E-state index contributed by atoms with van der Waals surface area (Å²) >= 11 is 0. The molecule has 1 N–H and O–H groups in total. The van der Waals surface area contributed by atoms with Crippen molar-refractivity contribution < 1.29 is 13.2 Å².